The minimum Gasteiger partial charge on any atom is -0.369 e. The van der Waals surface area contributed by atoms with E-state index >= 15 is 0 Å². The maximum Gasteiger partial charge on any atom is 0.500 e. The molecule has 0 atom stereocenters. The molecule has 0 aromatic rings. The number of alkyl halides is 7. The summed E-state index contributed by atoms with van der Waals surface area (Å²) in [5, 5.41) is 0. The summed E-state index contributed by atoms with van der Waals surface area (Å²) in [5.41, 5.74) is 0. The molecule has 0 saturated heterocycles. The van der Waals surface area contributed by atoms with E-state index in [0.29, 0.717) is 0 Å². The molecule has 2 nitrogen and oxygen atoms in total. The fourth-order valence-corrected chi connectivity index (χ4v) is 0.330. The summed E-state index contributed by atoms with van der Waals surface area (Å²) in [7, 11) is 0. The van der Waals surface area contributed by atoms with E-state index in [0.717, 1.165) is 0 Å². The maximum atomic E-state index is 11.8. The Kier molecular flexibility index (Phi) is 2.99. The molecule has 10 heteroatoms. The van der Waals surface area contributed by atoms with Crippen molar-refractivity contribution >= 4 is 6.22 Å². The fraction of sp³-hybridized carbons (Fsp3) is 0.750. The van der Waals surface area contributed by atoms with E-state index < -0.39 is 24.4 Å². The van der Waals surface area contributed by atoms with E-state index in [1.54, 1.807) is 0 Å². The molecule has 14 heavy (non-hydrogen) atoms. The van der Waals surface area contributed by atoms with E-state index in [9.17, 15) is 35.1 Å². The van der Waals surface area contributed by atoms with Crippen LogP contribution in [0, 0.1) is 0 Å². The Morgan fingerprint density at radius 1 is 0.929 bits per heavy atom. The third-order valence-electron chi connectivity index (χ3n) is 0.930. The molecule has 0 N–H and O–H groups in total. The number of hydrogen-bond donors (Lipinski definition) is 0. The molecule has 0 rings (SSSR count). The molecule has 0 amide bonds. The summed E-state index contributed by atoms with van der Waals surface area (Å²) in [6.07, 6.45) is -16.4. The third-order valence-corrected chi connectivity index (χ3v) is 0.930. The molecule has 0 aromatic heterocycles. The Hall–Kier alpha value is -1.09. The van der Waals surface area contributed by atoms with Gasteiger partial charge in [-0.2, -0.15) is 30.7 Å². The lowest BCUT2D eigenvalue weighted by atomic mass is 10.3. The normalized spacial score (nSPS) is 14.0. The summed E-state index contributed by atoms with van der Waals surface area (Å²) in [6, 6.07) is 0. The molecular formula is C4F8O2. The Morgan fingerprint density at radius 3 is 1.50 bits per heavy atom. The van der Waals surface area contributed by atoms with Crippen LogP contribution in [0.2, 0.25) is 0 Å². The van der Waals surface area contributed by atoms with Gasteiger partial charge >= 0.3 is 24.4 Å². The molecule has 0 bridgehead atoms. The largest absolute Gasteiger partial charge is 0.500 e. The smallest absolute Gasteiger partial charge is 0.369 e. The van der Waals surface area contributed by atoms with Crippen LogP contribution in [0.3, 0.4) is 0 Å². The van der Waals surface area contributed by atoms with Crippen LogP contribution in [0.5, 0.6) is 0 Å². The molecule has 0 aromatic carbocycles. The molecule has 0 aliphatic heterocycles. The number of rotatable bonds is 2. The summed E-state index contributed by atoms with van der Waals surface area (Å²) in [5.74, 6) is -6.65. The lowest BCUT2D eigenvalue weighted by Crippen LogP contribution is -2.53. The Bertz CT molecular complexity index is 230. The topological polar surface area (TPSA) is 26.3 Å². The second-order valence-electron chi connectivity index (χ2n) is 1.93. The summed E-state index contributed by atoms with van der Waals surface area (Å²) >= 11 is 0. The summed E-state index contributed by atoms with van der Waals surface area (Å²) in [4.78, 5) is 9.16. The number of ether oxygens (including phenoxy) is 1. The van der Waals surface area contributed by atoms with Crippen molar-refractivity contribution in [1.29, 1.82) is 0 Å². The van der Waals surface area contributed by atoms with Gasteiger partial charge in [-0.3, -0.25) is 0 Å². The molecule has 0 unspecified atom stereocenters. The minimum absolute atomic E-state index is 1.92. The van der Waals surface area contributed by atoms with E-state index in [1.807, 2.05) is 4.74 Å². The van der Waals surface area contributed by atoms with Crippen molar-refractivity contribution in [1.82, 2.24) is 0 Å². The highest BCUT2D eigenvalue weighted by atomic mass is 19.4. The second kappa shape index (κ2) is 3.24. The average Bonchev–Trinajstić information content (AvgIpc) is 1.80. The van der Waals surface area contributed by atoms with Crippen LogP contribution in [0.25, 0.3) is 0 Å². The first-order chi connectivity index (χ1) is 5.92. The van der Waals surface area contributed by atoms with Crippen LogP contribution >= 0.6 is 0 Å². The van der Waals surface area contributed by atoms with Gasteiger partial charge in [0.1, 0.15) is 0 Å². The quantitative estimate of drug-likeness (QED) is 0.540. The predicted molar refractivity (Wildman–Crippen MR) is 23.5 cm³/mol. The highest BCUT2D eigenvalue weighted by Gasteiger charge is 2.76. The molecule has 84 valence electrons. The van der Waals surface area contributed by atoms with E-state index in [1.165, 1.54) is 0 Å². The third kappa shape index (κ3) is 2.23. The van der Waals surface area contributed by atoms with Crippen molar-refractivity contribution in [2.75, 3.05) is 0 Å². The minimum atomic E-state index is -6.66. The van der Waals surface area contributed by atoms with Gasteiger partial charge in [0, 0.05) is 0 Å². The fourth-order valence-electron chi connectivity index (χ4n) is 0.330. The molecule has 0 spiro atoms. The van der Waals surface area contributed by atoms with Gasteiger partial charge in [-0.05, 0) is 0 Å². The van der Waals surface area contributed by atoms with Crippen LogP contribution in [-0.2, 0) is 4.74 Å². The standard InChI is InChI=1S/C4F8O2/c5-1(13)14-4(11,12)2(6,7)3(8,9)10. The van der Waals surface area contributed by atoms with E-state index in [2.05, 4.69) is 0 Å². The van der Waals surface area contributed by atoms with Gasteiger partial charge in [0.25, 0.3) is 0 Å². The van der Waals surface area contributed by atoms with Gasteiger partial charge in [0.2, 0.25) is 0 Å². The number of carbonyl (C=O) groups excluding carboxylic acids is 1. The van der Waals surface area contributed by atoms with Crippen molar-refractivity contribution in [2.24, 2.45) is 0 Å². The monoisotopic (exact) mass is 232 g/mol. The molecule has 0 fully saturated rings. The summed E-state index contributed by atoms with van der Waals surface area (Å²) < 4.78 is 93.8. The van der Waals surface area contributed by atoms with Crippen LogP contribution in [0.4, 0.5) is 39.9 Å². The lowest BCUT2D eigenvalue weighted by Gasteiger charge is -2.25. The number of hydrogen-bond acceptors (Lipinski definition) is 2. The van der Waals surface area contributed by atoms with Crippen LogP contribution in [-0.4, -0.2) is 24.4 Å². The molecule has 0 aliphatic rings. The van der Waals surface area contributed by atoms with Crippen molar-refractivity contribution in [3.05, 3.63) is 0 Å². The average molecular weight is 232 g/mol. The van der Waals surface area contributed by atoms with E-state index in [4.69, 9.17) is 4.79 Å². The van der Waals surface area contributed by atoms with Gasteiger partial charge < -0.3 is 4.74 Å². The Morgan fingerprint density at radius 2 is 1.29 bits per heavy atom. The van der Waals surface area contributed by atoms with Crippen molar-refractivity contribution in [3.63, 3.8) is 0 Å². The van der Waals surface area contributed by atoms with Gasteiger partial charge in [-0.1, -0.05) is 0 Å². The first-order valence-corrected chi connectivity index (χ1v) is 2.62. The number of carbonyl (C=O) groups is 1. The van der Waals surface area contributed by atoms with Crippen LogP contribution in [0.1, 0.15) is 0 Å². The van der Waals surface area contributed by atoms with Crippen molar-refractivity contribution < 1.29 is 44.7 Å². The molecule has 0 saturated carbocycles. The van der Waals surface area contributed by atoms with Crippen molar-refractivity contribution in [3.8, 4) is 0 Å². The lowest BCUT2D eigenvalue weighted by molar-refractivity contribution is -0.410. The zero-order chi connectivity index (χ0) is 11.8. The molecule has 0 aliphatic carbocycles. The number of halogens is 8. The first kappa shape index (κ1) is 12.9. The highest BCUT2D eigenvalue weighted by Crippen LogP contribution is 2.47. The van der Waals surface area contributed by atoms with Crippen LogP contribution < -0.4 is 0 Å². The zero-order valence-corrected chi connectivity index (χ0v) is 5.84. The zero-order valence-electron chi connectivity index (χ0n) is 5.84. The van der Waals surface area contributed by atoms with E-state index in [-0.39, 0.29) is 0 Å². The highest BCUT2D eigenvalue weighted by molar-refractivity contribution is 5.58. The molecular weight excluding hydrogens is 232 g/mol. The van der Waals surface area contributed by atoms with Crippen molar-refractivity contribution in [2.45, 2.75) is 18.2 Å². The first-order valence-electron chi connectivity index (χ1n) is 2.62. The summed E-state index contributed by atoms with van der Waals surface area (Å²) in [6.45, 7) is 0. The maximum absolute atomic E-state index is 11.8. The van der Waals surface area contributed by atoms with Gasteiger partial charge in [0.05, 0.1) is 0 Å². The molecule has 0 radical (unpaired) electrons. The second-order valence-corrected chi connectivity index (χ2v) is 1.93. The van der Waals surface area contributed by atoms with Gasteiger partial charge in [0.15, 0.2) is 0 Å². The van der Waals surface area contributed by atoms with Crippen LogP contribution in [0.15, 0.2) is 0 Å². The SMILES string of the molecule is O=C(F)OC(F)(F)C(F)(F)C(F)(F)F. The Labute approximate surface area is 70.4 Å². The Balaban J connectivity index is 4.97. The van der Waals surface area contributed by atoms with Gasteiger partial charge in [-0.25, -0.2) is 4.79 Å². The van der Waals surface area contributed by atoms with Gasteiger partial charge in [-0.15, -0.1) is 4.39 Å². The molecule has 0 heterocycles. The predicted octanol–water partition coefficient (Wildman–Crippen LogP) is 2.88.